The number of carbonyl (C=O) groups excluding carboxylic acids is 1. The first-order chi connectivity index (χ1) is 18.8. The maximum Gasteiger partial charge on any atom is 0.337 e. The van der Waals surface area contributed by atoms with E-state index in [0.29, 0.717) is 32.2 Å². The fraction of sp³-hybridized carbons (Fsp3) is 0.133. The van der Waals surface area contributed by atoms with Gasteiger partial charge in [-0.15, -0.1) is 0 Å². The SMILES string of the molecule is COC(=O)c1ccc(C2=NN(c3c(Cl)cc(C)cc3Cl)C(c3ccc(Cl)cc3)N2c2ccc(OC)cc2)cc1. The van der Waals surface area contributed by atoms with Gasteiger partial charge in [-0.25, -0.2) is 9.80 Å². The number of hydrogen-bond donors (Lipinski definition) is 0. The van der Waals surface area contributed by atoms with E-state index in [1.54, 1.807) is 19.2 Å². The van der Waals surface area contributed by atoms with Crippen molar-refractivity contribution in [2.24, 2.45) is 5.10 Å². The van der Waals surface area contributed by atoms with Crippen molar-refractivity contribution in [2.45, 2.75) is 13.1 Å². The molecular weight excluding hydrogens is 557 g/mol. The molecule has 6 nitrogen and oxygen atoms in total. The fourth-order valence-corrected chi connectivity index (χ4v) is 5.41. The Labute approximate surface area is 241 Å². The summed E-state index contributed by atoms with van der Waals surface area (Å²) in [6, 6.07) is 26.1. The molecule has 1 aliphatic heterocycles. The number of hydrazone groups is 1. The van der Waals surface area contributed by atoms with E-state index in [0.717, 1.165) is 28.1 Å². The molecule has 1 aliphatic rings. The number of hydrogen-bond acceptors (Lipinski definition) is 6. The number of anilines is 2. The van der Waals surface area contributed by atoms with E-state index in [1.165, 1.54) is 7.11 Å². The summed E-state index contributed by atoms with van der Waals surface area (Å²) in [6.07, 6.45) is -0.469. The molecular formula is C30H24Cl3N3O3. The van der Waals surface area contributed by atoms with Crippen LogP contribution in [0.5, 0.6) is 5.75 Å². The molecule has 0 aliphatic carbocycles. The van der Waals surface area contributed by atoms with Gasteiger partial charge in [-0.3, -0.25) is 4.90 Å². The zero-order chi connectivity index (χ0) is 27.7. The average molecular weight is 581 g/mol. The molecule has 1 heterocycles. The Kier molecular flexibility index (Phi) is 7.71. The van der Waals surface area contributed by atoms with Gasteiger partial charge in [0.1, 0.15) is 5.75 Å². The second-order valence-electron chi connectivity index (χ2n) is 8.91. The lowest BCUT2D eigenvalue weighted by molar-refractivity contribution is 0.0600. The number of ether oxygens (including phenoxy) is 2. The third-order valence-corrected chi connectivity index (χ3v) is 7.21. The second-order valence-corrected chi connectivity index (χ2v) is 10.2. The summed E-state index contributed by atoms with van der Waals surface area (Å²) < 4.78 is 10.3. The topological polar surface area (TPSA) is 54.4 Å². The lowest BCUT2D eigenvalue weighted by Crippen LogP contribution is -2.36. The van der Waals surface area contributed by atoms with Crippen molar-refractivity contribution < 1.29 is 14.3 Å². The maximum absolute atomic E-state index is 12.1. The quantitative estimate of drug-likeness (QED) is 0.216. The summed E-state index contributed by atoms with van der Waals surface area (Å²) in [6.45, 7) is 1.93. The molecule has 1 unspecified atom stereocenters. The molecule has 0 radical (unpaired) electrons. The first kappa shape index (κ1) is 26.9. The van der Waals surface area contributed by atoms with E-state index in [4.69, 9.17) is 49.4 Å². The van der Waals surface area contributed by atoms with E-state index >= 15 is 0 Å². The number of amidine groups is 1. The van der Waals surface area contributed by atoms with Crippen LogP contribution in [0.1, 0.15) is 33.2 Å². The monoisotopic (exact) mass is 579 g/mol. The average Bonchev–Trinajstić information content (AvgIpc) is 3.32. The van der Waals surface area contributed by atoms with E-state index in [1.807, 2.05) is 84.7 Å². The zero-order valence-electron chi connectivity index (χ0n) is 21.4. The number of carbonyl (C=O) groups is 1. The summed E-state index contributed by atoms with van der Waals surface area (Å²) >= 11 is 19.8. The minimum absolute atomic E-state index is 0.416. The number of methoxy groups -OCH3 is 2. The number of nitrogens with zero attached hydrogens (tertiary/aromatic N) is 3. The molecule has 0 aromatic heterocycles. The van der Waals surface area contributed by atoms with Gasteiger partial charge < -0.3 is 9.47 Å². The molecule has 0 saturated heterocycles. The third kappa shape index (κ3) is 5.28. The van der Waals surface area contributed by atoms with Crippen LogP contribution in [0.2, 0.25) is 15.1 Å². The van der Waals surface area contributed by atoms with Crippen molar-refractivity contribution in [3.05, 3.63) is 122 Å². The first-order valence-electron chi connectivity index (χ1n) is 12.0. The van der Waals surface area contributed by atoms with Gasteiger partial charge in [-0.05, 0) is 78.7 Å². The third-order valence-electron chi connectivity index (χ3n) is 6.38. The summed E-state index contributed by atoms with van der Waals surface area (Å²) in [5.41, 5.74) is 4.49. The molecule has 0 fully saturated rings. The van der Waals surface area contributed by atoms with Crippen LogP contribution in [-0.4, -0.2) is 26.0 Å². The van der Waals surface area contributed by atoms with Gasteiger partial charge in [-0.1, -0.05) is 59.1 Å². The lowest BCUT2D eigenvalue weighted by atomic mass is 10.1. The number of aryl methyl sites for hydroxylation is 1. The van der Waals surface area contributed by atoms with Crippen molar-refractivity contribution in [1.29, 1.82) is 0 Å². The van der Waals surface area contributed by atoms with Crippen molar-refractivity contribution in [3.63, 3.8) is 0 Å². The molecule has 0 amide bonds. The van der Waals surface area contributed by atoms with Crippen molar-refractivity contribution in [1.82, 2.24) is 0 Å². The van der Waals surface area contributed by atoms with Crippen LogP contribution in [-0.2, 0) is 4.74 Å². The predicted molar refractivity (Wildman–Crippen MR) is 158 cm³/mol. The second kappa shape index (κ2) is 11.2. The van der Waals surface area contributed by atoms with Crippen molar-refractivity contribution in [2.75, 3.05) is 24.1 Å². The van der Waals surface area contributed by atoms with Crippen molar-refractivity contribution in [3.8, 4) is 5.75 Å². The molecule has 5 rings (SSSR count). The van der Waals surface area contributed by atoms with Crippen LogP contribution in [0.3, 0.4) is 0 Å². The van der Waals surface area contributed by atoms with Crippen LogP contribution in [0.15, 0.2) is 90.0 Å². The highest BCUT2D eigenvalue weighted by Gasteiger charge is 2.39. The normalized spacial score (nSPS) is 14.8. The van der Waals surface area contributed by atoms with Crippen LogP contribution < -0.4 is 14.6 Å². The highest BCUT2D eigenvalue weighted by Crippen LogP contribution is 2.46. The van der Waals surface area contributed by atoms with Gasteiger partial charge in [0.2, 0.25) is 0 Å². The number of esters is 1. The minimum Gasteiger partial charge on any atom is -0.497 e. The van der Waals surface area contributed by atoms with Crippen LogP contribution in [0, 0.1) is 6.92 Å². The summed E-state index contributed by atoms with van der Waals surface area (Å²) in [5, 5.41) is 8.46. The summed E-state index contributed by atoms with van der Waals surface area (Å²) in [5.74, 6) is 0.938. The molecule has 39 heavy (non-hydrogen) atoms. The number of benzene rings is 4. The number of halogens is 3. The van der Waals surface area contributed by atoms with Gasteiger partial charge >= 0.3 is 5.97 Å². The molecule has 0 bridgehead atoms. The smallest absolute Gasteiger partial charge is 0.337 e. The molecule has 9 heteroatoms. The van der Waals surface area contributed by atoms with Crippen LogP contribution >= 0.6 is 34.8 Å². The molecule has 0 spiro atoms. The van der Waals surface area contributed by atoms with Crippen LogP contribution in [0.4, 0.5) is 11.4 Å². The fourth-order valence-electron chi connectivity index (χ4n) is 4.52. The lowest BCUT2D eigenvalue weighted by Gasteiger charge is -2.33. The van der Waals surface area contributed by atoms with Crippen LogP contribution in [0.25, 0.3) is 0 Å². The Morgan fingerprint density at radius 2 is 1.46 bits per heavy atom. The van der Waals surface area contributed by atoms with Gasteiger partial charge in [-0.2, -0.15) is 5.10 Å². The minimum atomic E-state index is -0.469. The molecule has 4 aromatic rings. The maximum atomic E-state index is 12.1. The Morgan fingerprint density at radius 1 is 0.846 bits per heavy atom. The Hall–Kier alpha value is -3.71. The van der Waals surface area contributed by atoms with Gasteiger partial charge in [0, 0.05) is 16.3 Å². The predicted octanol–water partition coefficient (Wildman–Crippen LogP) is 8.14. The molecule has 198 valence electrons. The molecule has 1 atom stereocenters. The molecule has 0 saturated carbocycles. The summed E-state index contributed by atoms with van der Waals surface area (Å²) in [7, 11) is 2.98. The molecule has 0 N–H and O–H groups in total. The number of rotatable bonds is 6. The summed E-state index contributed by atoms with van der Waals surface area (Å²) in [4.78, 5) is 14.2. The standard InChI is InChI=1S/C30H24Cl3N3O3/c1-18-16-25(32)27(26(33)17-18)36-29(20-8-10-22(31)11-9-20)35(23-12-14-24(38-2)15-13-23)28(34-36)19-4-6-21(7-5-19)30(37)39-3/h4-17,29H,1-3H3. The Bertz CT molecular complexity index is 1520. The highest BCUT2D eigenvalue weighted by molar-refractivity contribution is 6.39. The Balaban J connectivity index is 1.74. The van der Waals surface area contributed by atoms with Gasteiger partial charge in [0.05, 0.1) is 35.5 Å². The largest absolute Gasteiger partial charge is 0.497 e. The highest BCUT2D eigenvalue weighted by atomic mass is 35.5. The van der Waals surface area contributed by atoms with Crippen molar-refractivity contribution >= 4 is 58.0 Å². The van der Waals surface area contributed by atoms with E-state index in [9.17, 15) is 4.79 Å². The first-order valence-corrected chi connectivity index (χ1v) is 13.1. The zero-order valence-corrected chi connectivity index (χ0v) is 23.6. The van der Waals surface area contributed by atoms with E-state index in [-0.39, 0.29) is 0 Å². The van der Waals surface area contributed by atoms with E-state index < -0.39 is 12.1 Å². The Morgan fingerprint density at radius 3 is 2.03 bits per heavy atom. The van der Waals surface area contributed by atoms with Gasteiger partial charge in [0.15, 0.2) is 12.0 Å². The van der Waals surface area contributed by atoms with E-state index in [2.05, 4.69) is 4.90 Å². The molecule has 4 aromatic carbocycles. The van der Waals surface area contributed by atoms with Gasteiger partial charge in [0.25, 0.3) is 0 Å².